The van der Waals surface area contributed by atoms with E-state index in [0.29, 0.717) is 89.4 Å². The predicted molar refractivity (Wildman–Crippen MR) is 239 cm³/mol. The van der Waals surface area contributed by atoms with E-state index < -0.39 is 36.0 Å². The lowest BCUT2D eigenvalue weighted by Gasteiger charge is -2.34. The van der Waals surface area contributed by atoms with Crippen LogP contribution in [0.25, 0.3) is 12.2 Å². The fourth-order valence-electron chi connectivity index (χ4n) is 11.1. The van der Waals surface area contributed by atoms with E-state index in [4.69, 9.17) is 9.47 Å². The molecule has 8 rings (SSSR count). The molecule has 0 saturated carbocycles. The van der Waals surface area contributed by atoms with Gasteiger partial charge in [0.25, 0.3) is 11.1 Å². The van der Waals surface area contributed by atoms with Crippen molar-refractivity contribution in [3.63, 3.8) is 0 Å². The number of likely N-dealkylation sites (tertiary alicyclic amines) is 2. The monoisotopic (exact) mass is 886 g/mol. The number of nitrogens with zero attached hydrogens (tertiary/aromatic N) is 4. The van der Waals surface area contributed by atoms with E-state index in [2.05, 4.69) is 10.6 Å². The number of hydrogen-bond donors (Lipinski definition) is 4. The van der Waals surface area contributed by atoms with Gasteiger partial charge in [-0.15, -0.1) is 0 Å². The normalized spacial score (nSPS) is 27.5. The highest BCUT2D eigenvalue weighted by Gasteiger charge is 2.59. The number of aromatic nitrogens is 2. The number of pyridine rings is 2. The van der Waals surface area contributed by atoms with Gasteiger partial charge in [-0.3, -0.25) is 28.8 Å². The third-order valence-corrected chi connectivity index (χ3v) is 14.2. The minimum atomic E-state index is -0.740. The zero-order valence-corrected chi connectivity index (χ0v) is 37.7. The van der Waals surface area contributed by atoms with Crippen molar-refractivity contribution < 1.29 is 38.9 Å². The molecule has 348 valence electrons. The Balaban J connectivity index is 0.000000191. The maximum absolute atomic E-state index is 13.8. The van der Waals surface area contributed by atoms with Crippen molar-refractivity contribution >= 4 is 35.8 Å². The fourth-order valence-corrected chi connectivity index (χ4v) is 11.1. The molecular formula is C48H66N6O10. The Morgan fingerprint density at radius 2 is 1.02 bits per heavy atom. The van der Waals surface area contributed by atoms with E-state index in [-0.39, 0.29) is 71.6 Å². The highest BCUT2D eigenvalue weighted by Crippen LogP contribution is 2.51. The first-order valence-corrected chi connectivity index (χ1v) is 23.4. The Hall–Kier alpha value is -4.90. The summed E-state index contributed by atoms with van der Waals surface area (Å²) in [5.41, 5.74) is 2.48. The number of nitrogens with one attached hydrogen (secondary N) is 2. The standard InChI is InChI=1S/2C24H33N3O5/c2*1-3-5-15-6-7-19-20-17(13-26(19)23(15)30)18(14-28)21(22(29)25-10-4-2)27(20)24(31)16-8-11-32-12-9-16/h2*3,5-7,16-18,20-21,28H,4,8-14H2,1-2H3,(H,25,29)/b5-3+;5-3-/t2*17-,18-,20+,21-/m00/s1. The van der Waals surface area contributed by atoms with Crippen LogP contribution in [-0.4, -0.2) is 118 Å². The third kappa shape index (κ3) is 8.78. The number of carbonyl (C=O) groups is 4. The Bertz CT molecular complexity index is 2050. The summed E-state index contributed by atoms with van der Waals surface area (Å²) in [6.07, 6.45) is 11.2. The second kappa shape index (κ2) is 20.9. The molecule has 2 aromatic heterocycles. The van der Waals surface area contributed by atoms with Crippen LogP contribution in [0.5, 0.6) is 0 Å². The van der Waals surface area contributed by atoms with Gasteiger partial charge in [-0.25, -0.2) is 0 Å². The molecule has 0 spiro atoms. The molecule has 0 radical (unpaired) electrons. The van der Waals surface area contributed by atoms with Crippen LogP contribution < -0.4 is 21.8 Å². The minimum Gasteiger partial charge on any atom is -0.396 e. The molecular weight excluding hydrogens is 821 g/mol. The minimum absolute atomic E-state index is 0.0747. The molecule has 8 atom stereocenters. The van der Waals surface area contributed by atoms with Crippen LogP contribution in [0.3, 0.4) is 0 Å². The molecule has 0 unspecified atom stereocenters. The van der Waals surface area contributed by atoms with Gasteiger partial charge in [-0.1, -0.05) is 38.2 Å². The van der Waals surface area contributed by atoms with Crippen LogP contribution in [0.1, 0.15) is 101 Å². The first kappa shape index (κ1) is 47.1. The zero-order chi connectivity index (χ0) is 45.7. The van der Waals surface area contributed by atoms with Gasteiger partial charge in [0.05, 0.1) is 12.1 Å². The molecule has 0 aliphatic carbocycles. The van der Waals surface area contributed by atoms with E-state index in [0.717, 1.165) is 24.2 Å². The summed E-state index contributed by atoms with van der Waals surface area (Å²) in [7, 11) is 0. The summed E-state index contributed by atoms with van der Waals surface area (Å²) in [4.78, 5) is 83.5. The van der Waals surface area contributed by atoms with Crippen molar-refractivity contribution in [3.05, 3.63) is 79.6 Å². The van der Waals surface area contributed by atoms with E-state index in [1.807, 2.05) is 52.0 Å². The predicted octanol–water partition coefficient (Wildman–Crippen LogP) is 2.65. The van der Waals surface area contributed by atoms with Crippen molar-refractivity contribution in [2.24, 2.45) is 35.5 Å². The van der Waals surface area contributed by atoms with Crippen LogP contribution in [0, 0.1) is 35.5 Å². The van der Waals surface area contributed by atoms with Crippen molar-refractivity contribution in [1.29, 1.82) is 0 Å². The highest BCUT2D eigenvalue weighted by molar-refractivity contribution is 5.91. The summed E-state index contributed by atoms with van der Waals surface area (Å²) in [6, 6.07) is 5.09. The van der Waals surface area contributed by atoms with Gasteiger partial charge in [0.1, 0.15) is 12.1 Å². The Morgan fingerprint density at radius 3 is 1.34 bits per heavy atom. The number of ether oxygens (including phenoxy) is 2. The fraction of sp³-hybridized carbons (Fsp3) is 0.625. The summed E-state index contributed by atoms with van der Waals surface area (Å²) >= 11 is 0. The topological polar surface area (TPSA) is 202 Å². The lowest BCUT2D eigenvalue weighted by atomic mass is 9.88. The number of aliphatic hydroxyl groups is 2. The van der Waals surface area contributed by atoms with Crippen LogP contribution in [0.2, 0.25) is 0 Å². The van der Waals surface area contributed by atoms with Gasteiger partial charge in [0, 0.05) is 124 Å². The molecule has 8 heterocycles. The van der Waals surface area contributed by atoms with Crippen molar-refractivity contribution in [2.75, 3.05) is 52.7 Å². The molecule has 16 heteroatoms. The lowest BCUT2D eigenvalue weighted by molar-refractivity contribution is -0.147. The average molecular weight is 887 g/mol. The molecule has 4 amide bonds. The SMILES string of the molecule is C/C=C/c1ccc2n(c1=O)C[C@H]1[C@H](CO)[C@@H](C(=O)NCCC)N(C(=O)C3CCOCC3)[C@@H]21.C/C=C\c1ccc2n(c1=O)C[C@H]1[C@H](CO)[C@@H](C(=O)NCCC)N(C(=O)C3CCOCC3)[C@@H]21. The van der Waals surface area contributed by atoms with Gasteiger partial charge in [-0.05, 0) is 76.6 Å². The van der Waals surface area contributed by atoms with E-state index in [1.54, 1.807) is 43.2 Å². The van der Waals surface area contributed by atoms with E-state index in [9.17, 15) is 39.0 Å². The number of aliphatic hydroxyl groups excluding tert-OH is 2. The molecule has 4 fully saturated rings. The molecule has 16 nitrogen and oxygen atoms in total. The molecule has 2 aromatic rings. The van der Waals surface area contributed by atoms with Crippen molar-refractivity contribution in [1.82, 2.24) is 29.6 Å². The maximum Gasteiger partial charge on any atom is 0.258 e. The molecule has 6 aliphatic heterocycles. The molecule has 4 saturated heterocycles. The third-order valence-electron chi connectivity index (χ3n) is 14.2. The molecule has 0 aromatic carbocycles. The van der Waals surface area contributed by atoms with Gasteiger partial charge < -0.3 is 49.3 Å². The summed E-state index contributed by atoms with van der Waals surface area (Å²) in [6.45, 7) is 11.2. The number of rotatable bonds is 12. The maximum atomic E-state index is 13.8. The smallest absolute Gasteiger partial charge is 0.258 e. The van der Waals surface area contributed by atoms with Crippen LogP contribution in [-0.2, 0) is 41.7 Å². The summed E-state index contributed by atoms with van der Waals surface area (Å²) in [5, 5.41) is 26.5. The van der Waals surface area contributed by atoms with Gasteiger partial charge in [0.2, 0.25) is 23.6 Å². The largest absolute Gasteiger partial charge is 0.396 e. The van der Waals surface area contributed by atoms with Crippen LogP contribution >= 0.6 is 0 Å². The van der Waals surface area contributed by atoms with Crippen molar-refractivity contribution in [3.8, 4) is 0 Å². The first-order chi connectivity index (χ1) is 31.1. The zero-order valence-electron chi connectivity index (χ0n) is 37.7. The quantitative estimate of drug-likeness (QED) is 0.246. The van der Waals surface area contributed by atoms with E-state index in [1.165, 1.54) is 0 Å². The van der Waals surface area contributed by atoms with Crippen LogP contribution in [0.4, 0.5) is 0 Å². The Morgan fingerprint density at radius 1 is 0.641 bits per heavy atom. The second-order valence-electron chi connectivity index (χ2n) is 17.9. The van der Waals surface area contributed by atoms with Gasteiger partial charge in [0.15, 0.2) is 0 Å². The average Bonchev–Trinajstić information content (AvgIpc) is 4.06. The molecule has 6 aliphatic rings. The van der Waals surface area contributed by atoms with Gasteiger partial charge in [-0.2, -0.15) is 0 Å². The summed E-state index contributed by atoms with van der Waals surface area (Å²) < 4.78 is 14.3. The van der Waals surface area contributed by atoms with Gasteiger partial charge >= 0.3 is 0 Å². The first-order valence-electron chi connectivity index (χ1n) is 23.4. The summed E-state index contributed by atoms with van der Waals surface area (Å²) in [5.74, 6) is -2.25. The lowest BCUT2D eigenvalue weighted by Crippen LogP contribution is -2.52. The van der Waals surface area contributed by atoms with E-state index >= 15 is 0 Å². The molecule has 0 bridgehead atoms. The Kier molecular flexibility index (Phi) is 15.4. The Labute approximate surface area is 374 Å². The number of amides is 4. The van der Waals surface area contributed by atoms with Crippen LogP contribution in [0.15, 0.2) is 46.0 Å². The number of fused-ring (bicyclic) bond motifs is 6. The van der Waals surface area contributed by atoms with Crippen molar-refractivity contribution in [2.45, 2.75) is 103 Å². The number of hydrogen-bond acceptors (Lipinski definition) is 10. The highest BCUT2D eigenvalue weighted by atomic mass is 16.5. The molecule has 4 N–H and O–H groups in total. The second-order valence-corrected chi connectivity index (χ2v) is 17.9. The number of carbonyl (C=O) groups excluding carboxylic acids is 4. The number of allylic oxidation sites excluding steroid dienone is 2. The molecule has 64 heavy (non-hydrogen) atoms.